The maximum Gasteiger partial charge on any atom is 0.326 e. The van der Waals surface area contributed by atoms with Gasteiger partial charge >= 0.3 is 5.97 Å². The number of hydrogen-bond acceptors (Lipinski definition) is 4. The van der Waals surface area contributed by atoms with Crippen LogP contribution >= 0.6 is 15.9 Å². The van der Waals surface area contributed by atoms with Gasteiger partial charge in [0, 0.05) is 12.0 Å². The highest BCUT2D eigenvalue weighted by Crippen LogP contribution is 2.26. The van der Waals surface area contributed by atoms with Gasteiger partial charge in [-0.3, -0.25) is 9.59 Å². The number of carboxylic acid groups (broad SMARTS) is 1. The second kappa shape index (κ2) is 6.89. The van der Waals surface area contributed by atoms with E-state index in [1.807, 2.05) is 0 Å². The number of hydrogen-bond donors (Lipinski definition) is 2. The van der Waals surface area contributed by atoms with Gasteiger partial charge in [0.15, 0.2) is 5.78 Å². The van der Waals surface area contributed by atoms with Gasteiger partial charge < -0.3 is 15.2 Å². The molecule has 1 aromatic carbocycles. The van der Waals surface area contributed by atoms with Gasteiger partial charge in [-0.05, 0) is 34.1 Å². The largest absolute Gasteiger partial charge is 0.496 e. The van der Waals surface area contributed by atoms with E-state index in [-0.39, 0.29) is 18.6 Å². The zero-order valence-corrected chi connectivity index (χ0v) is 11.6. The minimum Gasteiger partial charge on any atom is -0.496 e. The van der Waals surface area contributed by atoms with Crippen molar-refractivity contribution in [2.75, 3.05) is 7.11 Å². The number of carbonyl (C=O) groups excluding carboxylic acids is 2. The van der Waals surface area contributed by atoms with Gasteiger partial charge in [0.1, 0.15) is 11.8 Å². The van der Waals surface area contributed by atoms with Crippen LogP contribution in [0.2, 0.25) is 0 Å². The third-order valence-electron chi connectivity index (χ3n) is 2.43. The average Bonchev–Trinajstić information content (AvgIpc) is 2.37. The first-order valence-electron chi connectivity index (χ1n) is 5.28. The third-order valence-corrected chi connectivity index (χ3v) is 3.05. The van der Waals surface area contributed by atoms with E-state index in [1.54, 1.807) is 12.1 Å². The number of aliphatic carboxylic acids is 1. The standard InChI is InChI=1S/C12H12BrNO5/c1-19-11-3-2-7(4-8(11)13)10(16)5-9(12(17)18)14-6-15/h2-4,6,9H,5H2,1H3,(H,14,15)(H,17,18). The van der Waals surface area contributed by atoms with E-state index in [1.165, 1.54) is 13.2 Å². The number of carbonyl (C=O) groups is 3. The van der Waals surface area contributed by atoms with Crippen molar-refractivity contribution in [3.63, 3.8) is 0 Å². The molecule has 6 nitrogen and oxygen atoms in total. The van der Waals surface area contributed by atoms with Crippen LogP contribution in [-0.2, 0) is 9.59 Å². The number of nitrogens with one attached hydrogen (secondary N) is 1. The number of carboxylic acids is 1. The molecule has 1 unspecified atom stereocenters. The second-order valence-corrected chi connectivity index (χ2v) is 4.51. The summed E-state index contributed by atoms with van der Waals surface area (Å²) in [6, 6.07) is 3.44. The zero-order chi connectivity index (χ0) is 14.4. The van der Waals surface area contributed by atoms with E-state index >= 15 is 0 Å². The molecule has 0 spiro atoms. The average molecular weight is 330 g/mol. The summed E-state index contributed by atoms with van der Waals surface area (Å²) in [5.41, 5.74) is 0.339. The van der Waals surface area contributed by atoms with Gasteiger partial charge in [-0.15, -0.1) is 0 Å². The summed E-state index contributed by atoms with van der Waals surface area (Å²) < 4.78 is 5.62. The predicted molar refractivity (Wildman–Crippen MR) is 70.3 cm³/mol. The van der Waals surface area contributed by atoms with Gasteiger partial charge in [0.2, 0.25) is 6.41 Å². The Hall–Kier alpha value is -1.89. The normalized spacial score (nSPS) is 11.5. The van der Waals surface area contributed by atoms with Crippen molar-refractivity contribution in [1.29, 1.82) is 0 Å². The minimum absolute atomic E-state index is 0.260. The number of benzene rings is 1. The van der Waals surface area contributed by atoms with Gasteiger partial charge in [0.25, 0.3) is 0 Å². The summed E-state index contributed by atoms with van der Waals surface area (Å²) in [4.78, 5) is 33.0. The Balaban J connectivity index is 2.85. The van der Waals surface area contributed by atoms with Crippen LogP contribution in [0.1, 0.15) is 16.8 Å². The molecule has 1 atom stereocenters. The molecule has 0 aliphatic heterocycles. The zero-order valence-electron chi connectivity index (χ0n) is 10.1. The fraction of sp³-hybridized carbons (Fsp3) is 0.250. The van der Waals surface area contributed by atoms with E-state index in [4.69, 9.17) is 9.84 Å². The van der Waals surface area contributed by atoms with Gasteiger partial charge in [-0.25, -0.2) is 4.79 Å². The molecule has 0 radical (unpaired) electrons. The van der Waals surface area contributed by atoms with E-state index in [2.05, 4.69) is 21.2 Å². The maximum absolute atomic E-state index is 11.9. The van der Waals surface area contributed by atoms with Gasteiger partial charge in [0.05, 0.1) is 11.6 Å². The third kappa shape index (κ3) is 4.06. The molecule has 1 aromatic rings. The molecule has 0 saturated heterocycles. The monoisotopic (exact) mass is 329 g/mol. The van der Waals surface area contributed by atoms with Crippen molar-refractivity contribution in [3.05, 3.63) is 28.2 Å². The van der Waals surface area contributed by atoms with E-state index in [0.717, 1.165) is 0 Å². The quantitative estimate of drug-likeness (QED) is 0.579. The molecule has 0 bridgehead atoms. The highest BCUT2D eigenvalue weighted by Gasteiger charge is 2.21. The lowest BCUT2D eigenvalue weighted by Crippen LogP contribution is -2.37. The Labute approximate surface area is 117 Å². The Kier molecular flexibility index (Phi) is 5.50. The van der Waals surface area contributed by atoms with Gasteiger partial charge in [-0.1, -0.05) is 0 Å². The number of ether oxygens (including phenoxy) is 1. The van der Waals surface area contributed by atoms with Crippen LogP contribution in [0, 0.1) is 0 Å². The molecular formula is C12H12BrNO5. The smallest absolute Gasteiger partial charge is 0.326 e. The second-order valence-electron chi connectivity index (χ2n) is 3.65. The number of ketones is 1. The van der Waals surface area contributed by atoms with Crippen LogP contribution in [0.25, 0.3) is 0 Å². The van der Waals surface area contributed by atoms with Crippen LogP contribution in [0.5, 0.6) is 5.75 Å². The van der Waals surface area contributed by atoms with E-state index < -0.39 is 12.0 Å². The predicted octanol–water partition coefficient (Wildman–Crippen LogP) is 1.23. The number of amides is 1. The SMILES string of the molecule is COc1ccc(C(=O)CC(NC=O)C(=O)O)cc1Br. The summed E-state index contributed by atoms with van der Waals surface area (Å²) in [6.45, 7) is 0. The van der Waals surface area contributed by atoms with Crippen LogP contribution < -0.4 is 10.1 Å². The number of methoxy groups -OCH3 is 1. The van der Waals surface area contributed by atoms with Crippen molar-refractivity contribution >= 4 is 34.1 Å². The summed E-state index contributed by atoms with van der Waals surface area (Å²) in [5, 5.41) is 10.9. The molecular weight excluding hydrogens is 318 g/mol. The lowest BCUT2D eigenvalue weighted by molar-refractivity contribution is -0.140. The summed E-state index contributed by atoms with van der Waals surface area (Å²) in [7, 11) is 1.50. The Bertz CT molecular complexity index is 503. The lowest BCUT2D eigenvalue weighted by Gasteiger charge is -2.11. The minimum atomic E-state index is -1.26. The molecule has 0 fully saturated rings. The lowest BCUT2D eigenvalue weighted by atomic mass is 10.0. The number of Topliss-reactive ketones (excluding diaryl/α,β-unsaturated/α-hetero) is 1. The molecule has 0 aliphatic carbocycles. The summed E-state index contributed by atoms with van der Waals surface area (Å²) in [5.74, 6) is -1.07. The number of halogens is 1. The van der Waals surface area contributed by atoms with Gasteiger partial charge in [-0.2, -0.15) is 0 Å². The first-order chi connectivity index (χ1) is 8.99. The van der Waals surface area contributed by atoms with Crippen molar-refractivity contribution in [1.82, 2.24) is 5.32 Å². The molecule has 0 heterocycles. The molecule has 2 N–H and O–H groups in total. The van der Waals surface area contributed by atoms with Crippen molar-refractivity contribution in [2.24, 2.45) is 0 Å². The fourth-order valence-electron chi connectivity index (χ4n) is 1.44. The van der Waals surface area contributed by atoms with Crippen LogP contribution in [0.3, 0.4) is 0 Å². The molecule has 19 heavy (non-hydrogen) atoms. The van der Waals surface area contributed by atoms with Crippen LogP contribution in [0.4, 0.5) is 0 Å². The van der Waals surface area contributed by atoms with Crippen LogP contribution in [0.15, 0.2) is 22.7 Å². The molecule has 1 rings (SSSR count). The topological polar surface area (TPSA) is 92.7 Å². The number of rotatable bonds is 7. The molecule has 1 amide bonds. The molecule has 102 valence electrons. The first-order valence-corrected chi connectivity index (χ1v) is 6.08. The molecule has 0 saturated carbocycles. The first kappa shape index (κ1) is 15.2. The Morgan fingerprint density at radius 3 is 2.68 bits per heavy atom. The van der Waals surface area contributed by atoms with Crippen molar-refractivity contribution < 1.29 is 24.2 Å². The van der Waals surface area contributed by atoms with Crippen LogP contribution in [-0.4, -0.2) is 36.4 Å². The molecule has 0 aromatic heterocycles. The highest BCUT2D eigenvalue weighted by molar-refractivity contribution is 9.10. The molecule has 0 aliphatic rings. The Morgan fingerprint density at radius 2 is 2.21 bits per heavy atom. The highest BCUT2D eigenvalue weighted by atomic mass is 79.9. The van der Waals surface area contributed by atoms with Crippen molar-refractivity contribution in [2.45, 2.75) is 12.5 Å². The summed E-state index contributed by atoms with van der Waals surface area (Å²) in [6.07, 6.45) is -0.0527. The van der Waals surface area contributed by atoms with Crippen molar-refractivity contribution in [3.8, 4) is 5.75 Å². The maximum atomic E-state index is 11.9. The molecule has 7 heteroatoms. The van der Waals surface area contributed by atoms with E-state index in [9.17, 15) is 14.4 Å². The van der Waals surface area contributed by atoms with E-state index in [0.29, 0.717) is 15.8 Å². The Morgan fingerprint density at radius 1 is 1.53 bits per heavy atom. The summed E-state index contributed by atoms with van der Waals surface area (Å²) >= 11 is 3.24. The fourth-order valence-corrected chi connectivity index (χ4v) is 1.98.